The van der Waals surface area contributed by atoms with E-state index in [9.17, 15) is 4.79 Å². The maximum atomic E-state index is 12.8. The van der Waals surface area contributed by atoms with Crippen LogP contribution >= 0.6 is 34.5 Å². The Labute approximate surface area is 191 Å². The van der Waals surface area contributed by atoms with Gasteiger partial charge in [-0.1, -0.05) is 16.1 Å². The van der Waals surface area contributed by atoms with Crippen molar-refractivity contribution in [3.05, 3.63) is 33.9 Å². The Hall–Kier alpha value is -2.40. The van der Waals surface area contributed by atoms with Gasteiger partial charge in [0, 0.05) is 30.9 Å². The number of fused-ring (bicyclic) bond motifs is 4. The van der Waals surface area contributed by atoms with Gasteiger partial charge in [0.15, 0.2) is 0 Å². The molecule has 3 N–H and O–H groups in total. The van der Waals surface area contributed by atoms with Gasteiger partial charge in [0.2, 0.25) is 5.91 Å². The molecule has 1 aliphatic rings. The van der Waals surface area contributed by atoms with E-state index < -0.39 is 0 Å². The third-order valence-corrected chi connectivity index (χ3v) is 7.79. The molecule has 0 unspecified atom stereocenters. The highest BCUT2D eigenvalue weighted by Crippen LogP contribution is 2.41. The Balaban J connectivity index is 1.48. The quantitative estimate of drug-likeness (QED) is 0.455. The molecule has 0 saturated heterocycles. The lowest BCUT2D eigenvalue weighted by Crippen LogP contribution is -2.38. The van der Waals surface area contributed by atoms with Gasteiger partial charge in [-0.3, -0.25) is 4.79 Å². The highest BCUT2D eigenvalue weighted by Gasteiger charge is 2.30. The number of carbonyl (C=O) groups excluding carboxylic acids is 1. The van der Waals surface area contributed by atoms with Crippen LogP contribution in [0.3, 0.4) is 0 Å². The van der Waals surface area contributed by atoms with Crippen LogP contribution in [0.2, 0.25) is 5.02 Å². The number of aromatic nitrogens is 4. The summed E-state index contributed by atoms with van der Waals surface area (Å²) in [6, 6.07) is 3.75. The Morgan fingerprint density at radius 1 is 1.39 bits per heavy atom. The van der Waals surface area contributed by atoms with E-state index in [1.165, 1.54) is 22.0 Å². The Morgan fingerprint density at radius 3 is 3.10 bits per heavy atom. The minimum atomic E-state index is -0.0165. The number of nitrogens with two attached hydrogens (primary N) is 1. The number of thiophene rings is 1. The smallest absolute Gasteiger partial charge is 0.225 e. The predicted molar refractivity (Wildman–Crippen MR) is 125 cm³/mol. The second-order valence-electron chi connectivity index (χ2n) is 7.59. The van der Waals surface area contributed by atoms with Gasteiger partial charge in [0.25, 0.3) is 0 Å². The van der Waals surface area contributed by atoms with Crippen LogP contribution in [-0.2, 0) is 17.6 Å². The average Bonchev–Trinajstić information content (AvgIpc) is 3.37. The van der Waals surface area contributed by atoms with E-state index in [1.54, 1.807) is 28.6 Å². The van der Waals surface area contributed by atoms with Crippen molar-refractivity contribution >= 4 is 72.3 Å². The van der Waals surface area contributed by atoms with Crippen LogP contribution in [0.1, 0.15) is 16.9 Å². The fraction of sp³-hybridized carbons (Fsp3) is 0.350. The second-order valence-corrected chi connectivity index (χ2v) is 9.87. The number of nitrogens with one attached hydrogen (secondary N) is 1. The molecular formula is C20H20ClN7OS2. The first kappa shape index (κ1) is 20.5. The summed E-state index contributed by atoms with van der Waals surface area (Å²) in [5.41, 5.74) is 8.37. The summed E-state index contributed by atoms with van der Waals surface area (Å²) in [4.78, 5) is 25.6. The molecule has 1 amide bonds. The van der Waals surface area contributed by atoms with E-state index >= 15 is 0 Å². The molecule has 1 aromatic carbocycles. The van der Waals surface area contributed by atoms with Gasteiger partial charge in [-0.2, -0.15) is 0 Å². The number of aryl methyl sites for hydroxylation is 1. The normalized spacial score (nSPS) is 15.9. The SMILES string of the molecule is CN(CCN)C(=O)[C@H]1CCc2c(sc3ncnc(Nc4cc5snnc5cc4Cl)c23)C1. The van der Waals surface area contributed by atoms with Crippen LogP contribution in [0.15, 0.2) is 18.5 Å². The lowest BCUT2D eigenvalue weighted by molar-refractivity contribution is -0.134. The fourth-order valence-corrected chi connectivity index (χ4v) is 6.11. The van der Waals surface area contributed by atoms with E-state index in [0.29, 0.717) is 18.1 Å². The van der Waals surface area contributed by atoms with E-state index in [0.717, 1.165) is 51.2 Å². The van der Waals surface area contributed by atoms with E-state index in [2.05, 4.69) is 24.9 Å². The first-order valence-corrected chi connectivity index (χ1v) is 11.9. The standard InChI is InChI=1S/C20H20ClN7OS2/c1-28(5-4-22)20(29)10-2-3-11-15(6-10)30-19-17(11)18(23-9-24-19)25-13-8-16-14(7-12(13)21)26-27-31-16/h7-10H,2-6,22H2,1H3,(H,23,24,25)/t10-/m0/s1. The molecule has 0 radical (unpaired) electrons. The summed E-state index contributed by atoms with van der Waals surface area (Å²) in [6.07, 6.45) is 3.91. The van der Waals surface area contributed by atoms with Gasteiger partial charge in [-0.05, 0) is 48.5 Å². The molecule has 1 atom stereocenters. The molecule has 0 saturated carbocycles. The molecule has 0 fully saturated rings. The second kappa shape index (κ2) is 8.27. The lowest BCUT2D eigenvalue weighted by atomic mass is 9.87. The zero-order valence-corrected chi connectivity index (χ0v) is 19.1. The van der Waals surface area contributed by atoms with E-state index in [-0.39, 0.29) is 11.8 Å². The zero-order chi connectivity index (χ0) is 21.5. The Morgan fingerprint density at radius 2 is 2.26 bits per heavy atom. The number of likely N-dealkylation sites (N-methyl/N-ethyl adjacent to an activating group) is 1. The molecule has 0 aliphatic heterocycles. The number of nitrogens with zero attached hydrogens (tertiary/aromatic N) is 5. The van der Waals surface area contributed by atoms with Crippen molar-refractivity contribution in [3.8, 4) is 0 Å². The Kier molecular flexibility index (Phi) is 5.47. The summed E-state index contributed by atoms with van der Waals surface area (Å²) in [7, 11) is 1.82. The molecule has 1 aliphatic carbocycles. The van der Waals surface area contributed by atoms with Crippen molar-refractivity contribution < 1.29 is 4.79 Å². The van der Waals surface area contributed by atoms with Crippen LogP contribution < -0.4 is 11.1 Å². The first-order chi connectivity index (χ1) is 15.0. The maximum Gasteiger partial charge on any atom is 0.225 e. The average molecular weight is 474 g/mol. The fourth-order valence-electron chi connectivity index (χ4n) is 4.06. The minimum absolute atomic E-state index is 0.0165. The van der Waals surface area contributed by atoms with Gasteiger partial charge >= 0.3 is 0 Å². The lowest BCUT2D eigenvalue weighted by Gasteiger charge is -2.26. The van der Waals surface area contributed by atoms with Crippen molar-refractivity contribution in [2.45, 2.75) is 19.3 Å². The molecule has 4 aromatic rings. The van der Waals surface area contributed by atoms with E-state index in [1.807, 2.05) is 13.1 Å². The summed E-state index contributed by atoms with van der Waals surface area (Å²) in [5, 5.41) is 9.03. The molecule has 8 nitrogen and oxygen atoms in total. The number of rotatable bonds is 5. The molecule has 31 heavy (non-hydrogen) atoms. The van der Waals surface area contributed by atoms with Crippen LogP contribution in [-0.4, -0.2) is 50.5 Å². The summed E-state index contributed by atoms with van der Waals surface area (Å²) >= 11 is 9.43. The summed E-state index contributed by atoms with van der Waals surface area (Å²) in [5.74, 6) is 0.875. The van der Waals surface area contributed by atoms with Crippen molar-refractivity contribution in [2.75, 3.05) is 25.5 Å². The van der Waals surface area contributed by atoms with Crippen LogP contribution in [0, 0.1) is 5.92 Å². The summed E-state index contributed by atoms with van der Waals surface area (Å²) < 4.78 is 4.93. The molecule has 160 valence electrons. The number of hydrogen-bond acceptors (Lipinski definition) is 9. The monoisotopic (exact) mass is 473 g/mol. The van der Waals surface area contributed by atoms with Crippen molar-refractivity contribution in [2.24, 2.45) is 11.7 Å². The molecule has 11 heteroatoms. The molecule has 0 bridgehead atoms. The van der Waals surface area contributed by atoms with Gasteiger partial charge in [-0.25, -0.2) is 9.97 Å². The summed E-state index contributed by atoms with van der Waals surface area (Å²) in [6.45, 7) is 1.05. The van der Waals surface area contributed by atoms with Crippen LogP contribution in [0.5, 0.6) is 0 Å². The zero-order valence-electron chi connectivity index (χ0n) is 16.8. The predicted octanol–water partition coefficient (Wildman–Crippen LogP) is 3.62. The largest absolute Gasteiger partial charge is 0.344 e. The van der Waals surface area contributed by atoms with Gasteiger partial charge in [0.05, 0.1) is 20.8 Å². The van der Waals surface area contributed by atoms with Crippen LogP contribution in [0.25, 0.3) is 20.4 Å². The third-order valence-electron chi connectivity index (χ3n) is 5.62. The molecule has 0 spiro atoms. The van der Waals surface area contributed by atoms with Crippen molar-refractivity contribution in [3.63, 3.8) is 0 Å². The van der Waals surface area contributed by atoms with Crippen molar-refractivity contribution in [1.82, 2.24) is 24.5 Å². The number of anilines is 2. The first-order valence-electron chi connectivity index (χ1n) is 9.94. The Bertz CT molecular complexity index is 1290. The molecule has 3 aromatic heterocycles. The highest BCUT2D eigenvalue weighted by molar-refractivity contribution is 7.19. The van der Waals surface area contributed by atoms with Crippen LogP contribution in [0.4, 0.5) is 11.5 Å². The number of halogens is 1. The minimum Gasteiger partial charge on any atom is -0.344 e. The van der Waals surface area contributed by atoms with Gasteiger partial charge < -0.3 is 16.0 Å². The number of benzene rings is 1. The van der Waals surface area contributed by atoms with E-state index in [4.69, 9.17) is 17.3 Å². The maximum absolute atomic E-state index is 12.8. The van der Waals surface area contributed by atoms with Gasteiger partial charge in [0.1, 0.15) is 22.5 Å². The topological polar surface area (TPSA) is 110 Å². The third kappa shape index (κ3) is 3.73. The van der Waals surface area contributed by atoms with Gasteiger partial charge in [-0.15, -0.1) is 16.4 Å². The molecule has 3 heterocycles. The number of amides is 1. The molecular weight excluding hydrogens is 454 g/mol. The highest BCUT2D eigenvalue weighted by atomic mass is 35.5. The van der Waals surface area contributed by atoms with Crippen molar-refractivity contribution in [1.29, 1.82) is 0 Å². The molecule has 5 rings (SSSR count). The number of carbonyl (C=O) groups is 1. The number of hydrogen-bond donors (Lipinski definition) is 2.